The molecule has 1 aromatic heterocycles. The quantitative estimate of drug-likeness (QED) is 0.724. The Hall–Kier alpha value is -1.64. The molecule has 1 unspecified atom stereocenters. The summed E-state index contributed by atoms with van der Waals surface area (Å²) in [5, 5.41) is 0. The van der Waals surface area contributed by atoms with Crippen LogP contribution in [0, 0.1) is 0 Å². The standard InChI is InChI=1S/C11H12N2O/c1-8(9(2)14)13-7-12-10-5-3-4-6-11(10)13/h3-8H,1-2H3. The fraction of sp³-hybridized carbons (Fsp3) is 0.273. The zero-order valence-electron chi connectivity index (χ0n) is 8.27. The van der Waals surface area contributed by atoms with E-state index >= 15 is 0 Å². The molecular formula is C11H12N2O. The summed E-state index contributed by atoms with van der Waals surface area (Å²) in [4.78, 5) is 15.5. The van der Waals surface area contributed by atoms with E-state index < -0.39 is 0 Å². The fourth-order valence-corrected chi connectivity index (χ4v) is 1.48. The van der Waals surface area contributed by atoms with Crippen molar-refractivity contribution in [1.29, 1.82) is 0 Å². The Morgan fingerprint density at radius 2 is 2.14 bits per heavy atom. The van der Waals surface area contributed by atoms with Gasteiger partial charge in [0.05, 0.1) is 23.4 Å². The predicted molar refractivity (Wildman–Crippen MR) is 55.1 cm³/mol. The monoisotopic (exact) mass is 188 g/mol. The van der Waals surface area contributed by atoms with E-state index in [0.717, 1.165) is 11.0 Å². The third kappa shape index (κ3) is 1.31. The maximum atomic E-state index is 11.2. The van der Waals surface area contributed by atoms with Crippen molar-refractivity contribution in [3.05, 3.63) is 30.6 Å². The average molecular weight is 188 g/mol. The lowest BCUT2D eigenvalue weighted by Gasteiger charge is -2.09. The second-order valence-corrected chi connectivity index (χ2v) is 3.43. The summed E-state index contributed by atoms with van der Waals surface area (Å²) in [5.74, 6) is 0.146. The highest BCUT2D eigenvalue weighted by Crippen LogP contribution is 2.17. The summed E-state index contributed by atoms with van der Waals surface area (Å²) < 4.78 is 1.90. The molecule has 2 rings (SSSR count). The first kappa shape index (κ1) is 8.94. The second-order valence-electron chi connectivity index (χ2n) is 3.43. The van der Waals surface area contributed by atoms with Crippen molar-refractivity contribution in [3.8, 4) is 0 Å². The van der Waals surface area contributed by atoms with Crippen LogP contribution in [0.4, 0.5) is 0 Å². The average Bonchev–Trinajstić information content (AvgIpc) is 2.60. The molecule has 0 amide bonds. The van der Waals surface area contributed by atoms with Gasteiger partial charge >= 0.3 is 0 Å². The van der Waals surface area contributed by atoms with Crippen molar-refractivity contribution in [2.75, 3.05) is 0 Å². The zero-order chi connectivity index (χ0) is 10.1. The van der Waals surface area contributed by atoms with Crippen molar-refractivity contribution >= 4 is 16.8 Å². The number of hydrogen-bond donors (Lipinski definition) is 0. The Kier molecular flexibility index (Phi) is 2.08. The molecule has 0 radical (unpaired) electrons. The number of benzene rings is 1. The van der Waals surface area contributed by atoms with E-state index in [-0.39, 0.29) is 11.8 Å². The molecule has 0 aliphatic rings. The van der Waals surface area contributed by atoms with Crippen LogP contribution in [0.2, 0.25) is 0 Å². The summed E-state index contributed by atoms with van der Waals surface area (Å²) in [6.45, 7) is 3.48. The molecule has 0 aliphatic heterocycles. The van der Waals surface area contributed by atoms with Gasteiger partial charge in [-0.05, 0) is 26.0 Å². The van der Waals surface area contributed by atoms with Gasteiger partial charge in [0.1, 0.15) is 0 Å². The van der Waals surface area contributed by atoms with Crippen LogP contribution in [-0.4, -0.2) is 15.3 Å². The number of carbonyl (C=O) groups excluding carboxylic acids is 1. The molecule has 1 atom stereocenters. The van der Waals surface area contributed by atoms with Crippen LogP contribution >= 0.6 is 0 Å². The number of para-hydroxylation sites is 2. The fourth-order valence-electron chi connectivity index (χ4n) is 1.48. The Bertz CT molecular complexity index is 473. The summed E-state index contributed by atoms with van der Waals surface area (Å²) in [7, 11) is 0. The van der Waals surface area contributed by atoms with E-state index in [4.69, 9.17) is 0 Å². The van der Waals surface area contributed by atoms with Gasteiger partial charge in [-0.1, -0.05) is 12.1 Å². The highest BCUT2D eigenvalue weighted by Gasteiger charge is 2.12. The third-order valence-electron chi connectivity index (χ3n) is 2.49. The largest absolute Gasteiger partial charge is 0.320 e. The summed E-state index contributed by atoms with van der Waals surface area (Å²) >= 11 is 0. The van der Waals surface area contributed by atoms with Gasteiger partial charge in [0.2, 0.25) is 0 Å². The van der Waals surface area contributed by atoms with Gasteiger partial charge in [0.15, 0.2) is 5.78 Å². The van der Waals surface area contributed by atoms with Gasteiger partial charge in [-0.15, -0.1) is 0 Å². The van der Waals surface area contributed by atoms with Gasteiger partial charge in [-0.3, -0.25) is 4.79 Å². The van der Waals surface area contributed by atoms with Crippen LogP contribution in [0.5, 0.6) is 0 Å². The Morgan fingerprint density at radius 3 is 2.86 bits per heavy atom. The number of nitrogens with zero attached hydrogens (tertiary/aromatic N) is 2. The van der Waals surface area contributed by atoms with Crippen molar-refractivity contribution in [2.24, 2.45) is 0 Å². The number of rotatable bonds is 2. The van der Waals surface area contributed by atoms with Crippen molar-refractivity contribution in [2.45, 2.75) is 19.9 Å². The number of imidazole rings is 1. The van der Waals surface area contributed by atoms with E-state index in [1.54, 1.807) is 13.3 Å². The Labute approximate surface area is 82.4 Å². The minimum Gasteiger partial charge on any atom is -0.320 e. The topological polar surface area (TPSA) is 34.9 Å². The molecule has 0 fully saturated rings. The minimum atomic E-state index is -0.137. The molecule has 14 heavy (non-hydrogen) atoms. The SMILES string of the molecule is CC(=O)C(C)n1cnc2ccccc21. The van der Waals surface area contributed by atoms with Crippen LogP contribution in [0.25, 0.3) is 11.0 Å². The van der Waals surface area contributed by atoms with Crippen LogP contribution in [0.1, 0.15) is 19.9 Å². The van der Waals surface area contributed by atoms with E-state index in [9.17, 15) is 4.79 Å². The van der Waals surface area contributed by atoms with Crippen LogP contribution in [-0.2, 0) is 4.79 Å². The summed E-state index contributed by atoms with van der Waals surface area (Å²) in [5.41, 5.74) is 1.94. The van der Waals surface area contributed by atoms with Gasteiger partial charge in [-0.25, -0.2) is 4.98 Å². The Balaban J connectivity index is 2.58. The first-order valence-corrected chi connectivity index (χ1v) is 4.62. The van der Waals surface area contributed by atoms with Crippen molar-refractivity contribution < 1.29 is 4.79 Å². The maximum Gasteiger partial charge on any atom is 0.152 e. The summed E-state index contributed by atoms with van der Waals surface area (Å²) in [6, 6.07) is 7.67. The smallest absolute Gasteiger partial charge is 0.152 e. The highest BCUT2D eigenvalue weighted by molar-refractivity contribution is 5.83. The van der Waals surface area contributed by atoms with Gasteiger partial charge in [0.25, 0.3) is 0 Å². The molecule has 0 spiro atoms. The van der Waals surface area contributed by atoms with Gasteiger partial charge < -0.3 is 4.57 Å². The summed E-state index contributed by atoms with van der Waals surface area (Å²) in [6.07, 6.45) is 1.72. The highest BCUT2D eigenvalue weighted by atomic mass is 16.1. The molecule has 1 heterocycles. The first-order chi connectivity index (χ1) is 6.70. The van der Waals surface area contributed by atoms with Crippen LogP contribution in [0.15, 0.2) is 30.6 Å². The molecule has 3 heteroatoms. The second kappa shape index (κ2) is 3.25. The molecule has 0 aliphatic carbocycles. The zero-order valence-corrected chi connectivity index (χ0v) is 8.27. The number of aromatic nitrogens is 2. The van der Waals surface area contributed by atoms with Crippen LogP contribution in [0.3, 0.4) is 0 Å². The minimum absolute atomic E-state index is 0.137. The molecule has 72 valence electrons. The lowest BCUT2D eigenvalue weighted by molar-refractivity contribution is -0.119. The van der Waals surface area contributed by atoms with Gasteiger partial charge in [-0.2, -0.15) is 0 Å². The first-order valence-electron chi connectivity index (χ1n) is 4.62. The lowest BCUT2D eigenvalue weighted by atomic mass is 10.2. The Morgan fingerprint density at radius 1 is 1.43 bits per heavy atom. The lowest BCUT2D eigenvalue weighted by Crippen LogP contribution is -2.11. The number of Topliss-reactive ketones (excluding diaryl/α,β-unsaturated/α-hetero) is 1. The van der Waals surface area contributed by atoms with Gasteiger partial charge in [0, 0.05) is 0 Å². The number of hydrogen-bond acceptors (Lipinski definition) is 2. The molecule has 3 nitrogen and oxygen atoms in total. The number of ketones is 1. The molecule has 1 aromatic carbocycles. The van der Waals surface area contributed by atoms with E-state index in [0.29, 0.717) is 0 Å². The molecule has 0 N–H and O–H groups in total. The predicted octanol–water partition coefficient (Wildman–Crippen LogP) is 2.19. The maximum absolute atomic E-state index is 11.2. The molecule has 0 bridgehead atoms. The van der Waals surface area contributed by atoms with Crippen molar-refractivity contribution in [1.82, 2.24) is 9.55 Å². The number of fused-ring (bicyclic) bond motifs is 1. The van der Waals surface area contributed by atoms with E-state index in [1.165, 1.54) is 0 Å². The molecule has 0 saturated heterocycles. The van der Waals surface area contributed by atoms with Crippen LogP contribution < -0.4 is 0 Å². The van der Waals surface area contributed by atoms with Crippen molar-refractivity contribution in [3.63, 3.8) is 0 Å². The van der Waals surface area contributed by atoms with E-state index in [2.05, 4.69) is 4.98 Å². The number of carbonyl (C=O) groups is 1. The third-order valence-corrected chi connectivity index (χ3v) is 2.49. The normalized spacial score (nSPS) is 13.0. The molecule has 2 aromatic rings. The molecular weight excluding hydrogens is 176 g/mol. The molecule has 0 saturated carbocycles. The van der Waals surface area contributed by atoms with E-state index in [1.807, 2.05) is 35.8 Å².